The van der Waals surface area contributed by atoms with Gasteiger partial charge in [0.2, 0.25) is 0 Å². The fraction of sp³-hybridized carbons (Fsp3) is 0.385. The number of amides is 1. The van der Waals surface area contributed by atoms with Crippen LogP contribution in [-0.4, -0.2) is 39.5 Å². The van der Waals surface area contributed by atoms with Gasteiger partial charge >= 0.3 is 0 Å². The van der Waals surface area contributed by atoms with Crippen LogP contribution in [0.3, 0.4) is 0 Å². The van der Waals surface area contributed by atoms with Crippen LogP contribution < -0.4 is 5.73 Å². The number of nitrogens with two attached hydrogens (primary N) is 1. The van der Waals surface area contributed by atoms with E-state index in [1.54, 1.807) is 18.2 Å². The number of aromatic hydroxyl groups is 1. The Kier molecular flexibility index (Phi) is 3.59. The number of likely N-dealkylation sites (tertiary alicyclic amines) is 1. The van der Waals surface area contributed by atoms with Crippen LogP contribution in [0.4, 0.5) is 0 Å². The molecule has 0 radical (unpaired) electrons. The SMILES string of the molecule is Cc1ccc(C(=O)N2CCCC2C(N)=NO)c(O)c1. The predicted octanol–water partition coefficient (Wildman–Crippen LogP) is 1.05. The minimum atomic E-state index is -0.404. The second-order valence-electron chi connectivity index (χ2n) is 4.70. The molecule has 0 aromatic heterocycles. The van der Waals surface area contributed by atoms with Gasteiger partial charge < -0.3 is 20.9 Å². The lowest BCUT2D eigenvalue weighted by atomic mass is 10.1. The Morgan fingerprint density at radius 3 is 2.89 bits per heavy atom. The molecule has 1 saturated heterocycles. The van der Waals surface area contributed by atoms with E-state index in [2.05, 4.69) is 5.16 Å². The number of carbonyl (C=O) groups is 1. The Morgan fingerprint density at radius 1 is 1.53 bits per heavy atom. The summed E-state index contributed by atoms with van der Waals surface area (Å²) >= 11 is 0. The summed E-state index contributed by atoms with van der Waals surface area (Å²) in [6, 6.07) is 4.50. The Morgan fingerprint density at radius 2 is 2.26 bits per heavy atom. The van der Waals surface area contributed by atoms with Crippen molar-refractivity contribution in [2.45, 2.75) is 25.8 Å². The molecule has 1 aliphatic rings. The number of amidine groups is 1. The summed E-state index contributed by atoms with van der Waals surface area (Å²) in [5.41, 5.74) is 6.71. The molecular formula is C13H17N3O3. The van der Waals surface area contributed by atoms with Crippen LogP contribution in [0.2, 0.25) is 0 Å². The lowest BCUT2D eigenvalue weighted by Crippen LogP contribution is -2.43. The third-order valence-corrected chi connectivity index (χ3v) is 3.35. The van der Waals surface area contributed by atoms with Crippen LogP contribution in [0, 0.1) is 6.92 Å². The maximum absolute atomic E-state index is 12.4. The Labute approximate surface area is 111 Å². The van der Waals surface area contributed by atoms with E-state index in [1.807, 2.05) is 6.92 Å². The second-order valence-corrected chi connectivity index (χ2v) is 4.70. The average Bonchev–Trinajstić information content (AvgIpc) is 2.86. The summed E-state index contributed by atoms with van der Waals surface area (Å²) in [5, 5.41) is 21.5. The second kappa shape index (κ2) is 5.17. The highest BCUT2D eigenvalue weighted by Gasteiger charge is 2.33. The molecule has 1 heterocycles. The van der Waals surface area contributed by atoms with Crippen LogP contribution in [0.5, 0.6) is 5.75 Å². The van der Waals surface area contributed by atoms with Gasteiger partial charge in [0.15, 0.2) is 5.84 Å². The van der Waals surface area contributed by atoms with Crippen LogP contribution in [0.15, 0.2) is 23.4 Å². The van der Waals surface area contributed by atoms with Crippen molar-refractivity contribution in [2.24, 2.45) is 10.9 Å². The molecule has 6 heteroatoms. The number of hydrogen-bond acceptors (Lipinski definition) is 4. The first kappa shape index (κ1) is 13.2. The highest BCUT2D eigenvalue weighted by Crippen LogP contribution is 2.25. The van der Waals surface area contributed by atoms with E-state index < -0.39 is 6.04 Å². The monoisotopic (exact) mass is 263 g/mol. The minimum absolute atomic E-state index is 0.0254. The lowest BCUT2D eigenvalue weighted by molar-refractivity contribution is 0.0765. The van der Waals surface area contributed by atoms with Crippen molar-refractivity contribution in [3.8, 4) is 5.75 Å². The van der Waals surface area contributed by atoms with Gasteiger partial charge in [-0.25, -0.2) is 0 Å². The van der Waals surface area contributed by atoms with Crippen molar-refractivity contribution in [1.29, 1.82) is 0 Å². The van der Waals surface area contributed by atoms with Gasteiger partial charge in [0, 0.05) is 6.54 Å². The molecule has 0 spiro atoms. The molecule has 0 aliphatic carbocycles. The molecule has 1 atom stereocenters. The fourth-order valence-electron chi connectivity index (χ4n) is 2.36. The maximum atomic E-state index is 12.4. The predicted molar refractivity (Wildman–Crippen MR) is 70.3 cm³/mol. The number of aryl methyl sites for hydroxylation is 1. The molecule has 6 nitrogen and oxygen atoms in total. The van der Waals surface area contributed by atoms with Gasteiger partial charge in [0.1, 0.15) is 5.75 Å². The van der Waals surface area contributed by atoms with Crippen molar-refractivity contribution in [1.82, 2.24) is 4.90 Å². The zero-order chi connectivity index (χ0) is 14.0. The van der Waals surface area contributed by atoms with Crippen molar-refractivity contribution in [2.75, 3.05) is 6.54 Å². The Bertz CT molecular complexity index is 528. The van der Waals surface area contributed by atoms with E-state index in [0.29, 0.717) is 13.0 Å². The topological polar surface area (TPSA) is 99.2 Å². The van der Waals surface area contributed by atoms with Gasteiger partial charge in [-0.15, -0.1) is 0 Å². The summed E-state index contributed by atoms with van der Waals surface area (Å²) < 4.78 is 0. The first-order chi connectivity index (χ1) is 9.04. The van der Waals surface area contributed by atoms with Crippen LogP contribution in [0.25, 0.3) is 0 Å². The van der Waals surface area contributed by atoms with E-state index in [9.17, 15) is 9.90 Å². The van der Waals surface area contributed by atoms with Crippen molar-refractivity contribution in [3.05, 3.63) is 29.3 Å². The van der Waals surface area contributed by atoms with E-state index in [0.717, 1.165) is 12.0 Å². The molecule has 102 valence electrons. The molecule has 1 unspecified atom stereocenters. The summed E-state index contributed by atoms with van der Waals surface area (Å²) in [6.45, 7) is 2.37. The van der Waals surface area contributed by atoms with Gasteiger partial charge in [-0.2, -0.15) is 0 Å². The third-order valence-electron chi connectivity index (χ3n) is 3.35. The number of benzene rings is 1. The van der Waals surface area contributed by atoms with E-state index in [-0.39, 0.29) is 23.1 Å². The van der Waals surface area contributed by atoms with Gasteiger partial charge in [0.05, 0.1) is 11.6 Å². The van der Waals surface area contributed by atoms with Gasteiger partial charge in [0.25, 0.3) is 5.91 Å². The molecule has 1 amide bonds. The van der Waals surface area contributed by atoms with Crippen LogP contribution in [0.1, 0.15) is 28.8 Å². The molecular weight excluding hydrogens is 246 g/mol. The number of phenolic OH excluding ortho intramolecular Hbond substituents is 1. The zero-order valence-corrected chi connectivity index (χ0v) is 10.7. The first-order valence-electron chi connectivity index (χ1n) is 6.12. The molecule has 4 N–H and O–H groups in total. The molecule has 0 saturated carbocycles. The molecule has 0 bridgehead atoms. The molecule has 2 rings (SSSR count). The zero-order valence-electron chi connectivity index (χ0n) is 10.7. The highest BCUT2D eigenvalue weighted by atomic mass is 16.4. The maximum Gasteiger partial charge on any atom is 0.258 e. The van der Waals surface area contributed by atoms with Crippen LogP contribution in [-0.2, 0) is 0 Å². The Balaban J connectivity index is 2.28. The van der Waals surface area contributed by atoms with Gasteiger partial charge in [-0.1, -0.05) is 11.2 Å². The number of oxime groups is 1. The quantitative estimate of drug-likeness (QED) is 0.321. The number of nitrogens with zero attached hydrogens (tertiary/aromatic N) is 2. The number of phenols is 1. The summed E-state index contributed by atoms with van der Waals surface area (Å²) in [7, 11) is 0. The van der Waals surface area contributed by atoms with Crippen LogP contribution >= 0.6 is 0 Å². The first-order valence-corrected chi connectivity index (χ1v) is 6.12. The van der Waals surface area contributed by atoms with Gasteiger partial charge in [-0.3, -0.25) is 4.79 Å². The number of hydrogen-bond donors (Lipinski definition) is 3. The molecule has 1 fully saturated rings. The number of carbonyl (C=O) groups excluding carboxylic acids is 1. The normalized spacial score (nSPS) is 19.7. The summed E-state index contributed by atoms with van der Waals surface area (Å²) in [4.78, 5) is 13.9. The molecule has 1 aromatic rings. The Hall–Kier alpha value is -2.24. The molecule has 1 aromatic carbocycles. The van der Waals surface area contributed by atoms with Crippen molar-refractivity contribution >= 4 is 11.7 Å². The largest absolute Gasteiger partial charge is 0.507 e. The third kappa shape index (κ3) is 2.47. The standard InChI is InChI=1S/C13H17N3O3/c1-8-4-5-9(11(17)7-8)13(18)16-6-2-3-10(16)12(14)15-19/h4-5,7,10,17,19H,2-3,6H2,1H3,(H2,14,15). The summed E-state index contributed by atoms with van der Waals surface area (Å²) in [5.74, 6) is -0.320. The van der Waals surface area contributed by atoms with E-state index in [4.69, 9.17) is 10.9 Å². The van der Waals surface area contributed by atoms with Gasteiger partial charge in [-0.05, 0) is 37.5 Å². The fourth-order valence-corrected chi connectivity index (χ4v) is 2.36. The number of rotatable bonds is 2. The average molecular weight is 263 g/mol. The molecule has 19 heavy (non-hydrogen) atoms. The minimum Gasteiger partial charge on any atom is -0.507 e. The summed E-state index contributed by atoms with van der Waals surface area (Å²) in [6.07, 6.45) is 1.45. The lowest BCUT2D eigenvalue weighted by Gasteiger charge is -2.24. The molecule has 1 aliphatic heterocycles. The van der Waals surface area contributed by atoms with E-state index >= 15 is 0 Å². The van der Waals surface area contributed by atoms with E-state index in [1.165, 1.54) is 4.90 Å². The highest BCUT2D eigenvalue weighted by molar-refractivity contribution is 6.00. The van der Waals surface area contributed by atoms with Crippen molar-refractivity contribution < 1.29 is 15.1 Å². The van der Waals surface area contributed by atoms with Crippen molar-refractivity contribution in [3.63, 3.8) is 0 Å². The smallest absolute Gasteiger partial charge is 0.258 e.